The van der Waals surface area contributed by atoms with Crippen molar-refractivity contribution in [2.24, 2.45) is 10.7 Å². The highest BCUT2D eigenvalue weighted by atomic mass is 32.1. The number of rotatable bonds is 6. The summed E-state index contributed by atoms with van der Waals surface area (Å²) in [5, 5.41) is 13.8. The van der Waals surface area contributed by atoms with Crippen LogP contribution in [0, 0.1) is 0 Å². The summed E-state index contributed by atoms with van der Waals surface area (Å²) in [6.07, 6.45) is 8.91. The topological polar surface area (TPSA) is 89.3 Å². The molecule has 7 heteroatoms. The van der Waals surface area contributed by atoms with E-state index in [1.807, 2.05) is 29.7 Å². The van der Waals surface area contributed by atoms with Crippen molar-refractivity contribution < 1.29 is 4.42 Å². The number of aromatic nitrogens is 2. The minimum Gasteiger partial charge on any atom is -0.403 e. The van der Waals surface area contributed by atoms with E-state index in [0.717, 1.165) is 22.6 Å². The number of hydrogen-bond acceptors (Lipinski definition) is 6. The summed E-state index contributed by atoms with van der Waals surface area (Å²) >= 11 is 1.58. The number of nitrogens with one attached hydrogen (secondary N) is 1. The van der Waals surface area contributed by atoms with Gasteiger partial charge in [0.25, 0.3) is 0 Å². The largest absolute Gasteiger partial charge is 0.403 e. The van der Waals surface area contributed by atoms with E-state index in [1.54, 1.807) is 11.3 Å². The van der Waals surface area contributed by atoms with Gasteiger partial charge in [-0.2, -0.15) is 0 Å². The van der Waals surface area contributed by atoms with Crippen molar-refractivity contribution in [1.82, 2.24) is 10.2 Å². The Kier molecular flexibility index (Phi) is 7.31. The van der Waals surface area contributed by atoms with Gasteiger partial charge in [-0.15, -0.1) is 16.4 Å². The Morgan fingerprint density at radius 3 is 2.42 bits per heavy atom. The molecule has 0 unspecified atom stereocenters. The normalized spacial score (nSPS) is 14.9. The Balaban J connectivity index is 1.48. The van der Waals surface area contributed by atoms with E-state index in [9.17, 15) is 0 Å². The van der Waals surface area contributed by atoms with Crippen LogP contribution in [0.25, 0.3) is 11.5 Å². The summed E-state index contributed by atoms with van der Waals surface area (Å²) in [7, 11) is 0. The third-order valence-electron chi connectivity index (χ3n) is 5.99. The molecule has 2 heterocycles. The summed E-state index contributed by atoms with van der Waals surface area (Å²) in [6.45, 7) is 13.9. The van der Waals surface area contributed by atoms with Crippen molar-refractivity contribution in [3.8, 4) is 11.5 Å². The summed E-state index contributed by atoms with van der Waals surface area (Å²) in [4.78, 5) is 5.52. The second kappa shape index (κ2) is 10.3. The average Bonchev–Trinajstić information content (AvgIpc) is 3.47. The van der Waals surface area contributed by atoms with Crippen molar-refractivity contribution >= 4 is 23.2 Å². The second-order valence-corrected chi connectivity index (χ2v) is 12.0. The van der Waals surface area contributed by atoms with E-state index in [0.29, 0.717) is 24.3 Å². The first kappa shape index (κ1) is 25.6. The molecule has 2 aromatic heterocycles. The predicted molar refractivity (Wildman–Crippen MR) is 151 cm³/mol. The molecule has 0 fully saturated rings. The third-order valence-corrected chi connectivity index (χ3v) is 6.88. The fourth-order valence-electron chi connectivity index (χ4n) is 3.70. The lowest BCUT2D eigenvalue weighted by molar-refractivity contribution is 0.564. The highest BCUT2D eigenvalue weighted by molar-refractivity contribution is 7.12. The molecule has 0 spiro atoms. The fourth-order valence-corrected chi connectivity index (χ4v) is 4.33. The van der Waals surface area contributed by atoms with Crippen molar-refractivity contribution in [2.75, 3.05) is 11.9 Å². The van der Waals surface area contributed by atoms with Crippen molar-refractivity contribution in [2.45, 2.75) is 58.8 Å². The van der Waals surface area contributed by atoms with E-state index >= 15 is 0 Å². The van der Waals surface area contributed by atoms with Crippen molar-refractivity contribution in [3.05, 3.63) is 87.3 Å². The lowest BCUT2D eigenvalue weighted by Gasteiger charge is -2.25. The van der Waals surface area contributed by atoms with Gasteiger partial charge in [-0.3, -0.25) is 0 Å². The lowest BCUT2D eigenvalue weighted by Crippen LogP contribution is -2.16. The number of aliphatic imine (C=N–C) groups is 1. The van der Waals surface area contributed by atoms with Crippen LogP contribution in [0.4, 0.5) is 6.01 Å². The average molecular weight is 502 g/mol. The van der Waals surface area contributed by atoms with Gasteiger partial charge in [0.2, 0.25) is 5.89 Å². The first-order valence-electron chi connectivity index (χ1n) is 12.2. The molecule has 36 heavy (non-hydrogen) atoms. The molecule has 0 saturated heterocycles. The van der Waals surface area contributed by atoms with Gasteiger partial charge < -0.3 is 15.5 Å². The maximum Gasteiger partial charge on any atom is 0.316 e. The van der Waals surface area contributed by atoms with Gasteiger partial charge in [0.05, 0.1) is 10.6 Å². The molecule has 0 saturated carbocycles. The van der Waals surface area contributed by atoms with Gasteiger partial charge in [0.1, 0.15) is 5.84 Å². The number of benzene rings is 1. The molecule has 4 rings (SSSR count). The summed E-state index contributed by atoms with van der Waals surface area (Å²) in [6, 6.07) is 10.9. The zero-order chi connectivity index (χ0) is 25.9. The Morgan fingerprint density at radius 2 is 1.78 bits per heavy atom. The van der Waals surface area contributed by atoms with Gasteiger partial charge in [0.15, 0.2) is 0 Å². The third kappa shape index (κ3) is 6.40. The Labute approximate surface area is 217 Å². The van der Waals surface area contributed by atoms with Crippen LogP contribution in [-0.2, 0) is 10.8 Å². The van der Waals surface area contributed by atoms with Gasteiger partial charge in [-0.1, -0.05) is 70.9 Å². The molecule has 1 aliphatic carbocycles. The number of allylic oxidation sites excluding steroid dienone is 4. The van der Waals surface area contributed by atoms with E-state index in [2.05, 4.69) is 92.4 Å². The Hall–Kier alpha value is -3.45. The number of nitrogens with two attached hydrogens (primary N) is 1. The second-order valence-electron chi connectivity index (χ2n) is 11.1. The van der Waals surface area contributed by atoms with Crippen LogP contribution < -0.4 is 11.1 Å². The summed E-state index contributed by atoms with van der Waals surface area (Å²) < 4.78 is 6.01. The van der Waals surface area contributed by atoms with Crippen LogP contribution in [0.2, 0.25) is 0 Å². The molecule has 3 N–H and O–H groups in total. The maximum absolute atomic E-state index is 6.13. The zero-order valence-electron chi connectivity index (χ0n) is 21.9. The van der Waals surface area contributed by atoms with Crippen LogP contribution >= 0.6 is 11.3 Å². The van der Waals surface area contributed by atoms with Gasteiger partial charge in [0, 0.05) is 12.1 Å². The Bertz CT molecular complexity index is 1300. The maximum atomic E-state index is 6.13. The SMILES string of the molecule is CC(C)(C)c1cc(-c2nnc(NCC3=CC=C(N=C(N)c4cccs4)C=CC3)o2)cc(C(C)(C)C)c1. The number of thiophene rings is 1. The van der Waals surface area contributed by atoms with E-state index in [1.165, 1.54) is 16.7 Å². The van der Waals surface area contributed by atoms with Gasteiger partial charge >= 0.3 is 6.01 Å². The standard InChI is InChI=1S/C29H35N5OS/c1-28(2,3)21-15-20(16-22(17-21)29(4,5)6)26-33-34-27(35-26)31-18-19-9-7-10-23(13-12-19)32-25(30)24-11-8-14-36-24/h7-8,10-17H,9,18H2,1-6H3,(H2,30,32)(H,31,34). The number of nitrogens with zero attached hydrogens (tertiary/aromatic N) is 3. The van der Waals surface area contributed by atoms with Crippen LogP contribution in [0.5, 0.6) is 0 Å². The Morgan fingerprint density at radius 1 is 1.06 bits per heavy atom. The highest BCUT2D eigenvalue weighted by Gasteiger charge is 2.22. The van der Waals surface area contributed by atoms with E-state index in [4.69, 9.17) is 10.2 Å². The summed E-state index contributed by atoms with van der Waals surface area (Å²) in [5.74, 6) is 1.05. The van der Waals surface area contributed by atoms with E-state index < -0.39 is 0 Å². The molecule has 0 aliphatic heterocycles. The molecule has 3 aromatic rings. The monoisotopic (exact) mass is 501 g/mol. The van der Waals surface area contributed by atoms with E-state index in [-0.39, 0.29) is 10.8 Å². The highest BCUT2D eigenvalue weighted by Crippen LogP contribution is 2.34. The quantitative estimate of drug-likeness (QED) is 0.281. The van der Waals surface area contributed by atoms with Crippen LogP contribution in [0.15, 0.2) is 80.7 Å². The smallest absolute Gasteiger partial charge is 0.316 e. The molecular weight excluding hydrogens is 466 g/mol. The van der Waals surface area contributed by atoms with Crippen molar-refractivity contribution in [1.29, 1.82) is 0 Å². The van der Waals surface area contributed by atoms with Crippen LogP contribution in [0.3, 0.4) is 0 Å². The molecule has 188 valence electrons. The molecule has 6 nitrogen and oxygen atoms in total. The molecular formula is C29H35N5OS. The van der Waals surface area contributed by atoms with Gasteiger partial charge in [-0.25, -0.2) is 4.99 Å². The molecule has 1 aromatic carbocycles. The molecule has 1 aliphatic rings. The summed E-state index contributed by atoms with van der Waals surface area (Å²) in [5.41, 5.74) is 11.6. The number of amidine groups is 1. The lowest BCUT2D eigenvalue weighted by atomic mass is 9.79. The molecule has 0 amide bonds. The fraction of sp³-hybridized carbons (Fsp3) is 0.345. The predicted octanol–water partition coefficient (Wildman–Crippen LogP) is 6.98. The first-order chi connectivity index (χ1) is 17.0. The molecule has 0 bridgehead atoms. The number of anilines is 1. The minimum atomic E-state index is 0.0153. The molecule has 0 atom stereocenters. The number of hydrogen-bond donors (Lipinski definition) is 2. The van der Waals surface area contributed by atoms with Crippen molar-refractivity contribution in [3.63, 3.8) is 0 Å². The van der Waals surface area contributed by atoms with Crippen LogP contribution in [0.1, 0.15) is 64.0 Å². The minimum absolute atomic E-state index is 0.0153. The first-order valence-corrected chi connectivity index (χ1v) is 13.0. The van der Waals surface area contributed by atoms with Crippen LogP contribution in [-0.4, -0.2) is 22.6 Å². The van der Waals surface area contributed by atoms with Gasteiger partial charge in [-0.05, 0) is 69.7 Å². The molecule has 0 radical (unpaired) electrons. The zero-order valence-corrected chi connectivity index (χ0v) is 22.7.